The predicted octanol–water partition coefficient (Wildman–Crippen LogP) is 2.13. The van der Waals surface area contributed by atoms with Gasteiger partial charge in [0.1, 0.15) is 0 Å². The summed E-state index contributed by atoms with van der Waals surface area (Å²) in [6.07, 6.45) is 6.92. The van der Waals surface area contributed by atoms with E-state index in [2.05, 4.69) is 32.3 Å². The van der Waals surface area contributed by atoms with Gasteiger partial charge in [0, 0.05) is 62.9 Å². The third kappa shape index (κ3) is 5.47. The molecule has 160 valence electrons. The van der Waals surface area contributed by atoms with Gasteiger partial charge in [-0.15, -0.1) is 0 Å². The Bertz CT molecular complexity index is 525. The highest BCUT2D eigenvalue weighted by Gasteiger charge is 2.40. The van der Waals surface area contributed by atoms with Crippen LogP contribution in [0.15, 0.2) is 4.99 Å². The lowest BCUT2D eigenvalue weighted by molar-refractivity contribution is 0.0959. The molecule has 7 nitrogen and oxygen atoms in total. The van der Waals surface area contributed by atoms with Crippen LogP contribution in [0.3, 0.4) is 0 Å². The van der Waals surface area contributed by atoms with Crippen molar-refractivity contribution in [1.29, 1.82) is 0 Å². The highest BCUT2D eigenvalue weighted by molar-refractivity contribution is 7.99. The highest BCUT2D eigenvalue weighted by atomic mass is 32.2. The summed E-state index contributed by atoms with van der Waals surface area (Å²) in [5.74, 6) is 3.41. The number of ether oxygens (including phenoxy) is 1. The predicted molar refractivity (Wildman–Crippen MR) is 116 cm³/mol. The summed E-state index contributed by atoms with van der Waals surface area (Å²) in [4.78, 5) is 20.9. The quantitative estimate of drug-likeness (QED) is 0.534. The van der Waals surface area contributed by atoms with Crippen LogP contribution in [0.4, 0.5) is 4.79 Å². The van der Waals surface area contributed by atoms with Crippen LogP contribution in [0, 0.1) is 0 Å². The first-order valence-electron chi connectivity index (χ1n) is 10.9. The second-order valence-corrected chi connectivity index (χ2v) is 9.29. The lowest BCUT2D eigenvalue weighted by Crippen LogP contribution is -2.58. The molecule has 2 N–H and O–H groups in total. The number of hydrogen-bond acceptors (Lipinski definition) is 5. The van der Waals surface area contributed by atoms with Gasteiger partial charge in [-0.1, -0.05) is 12.8 Å². The van der Waals surface area contributed by atoms with E-state index in [1.165, 1.54) is 50.3 Å². The van der Waals surface area contributed by atoms with E-state index in [1.807, 2.05) is 14.0 Å². The molecular formula is C20H37N5O2S. The van der Waals surface area contributed by atoms with Crippen molar-refractivity contribution in [3.8, 4) is 0 Å². The number of likely N-dealkylation sites (tertiary alicyclic amines) is 1. The maximum atomic E-state index is 11.9. The Morgan fingerprint density at radius 3 is 2.46 bits per heavy atom. The Morgan fingerprint density at radius 1 is 1.18 bits per heavy atom. The molecule has 0 radical (unpaired) electrons. The zero-order chi connectivity index (χ0) is 19.8. The highest BCUT2D eigenvalue weighted by Crippen LogP contribution is 2.36. The lowest BCUT2D eigenvalue weighted by atomic mass is 9.94. The summed E-state index contributed by atoms with van der Waals surface area (Å²) < 4.78 is 5.11. The molecule has 1 amide bonds. The number of carbonyl (C=O) groups excluding carboxylic acids is 1. The molecule has 0 atom stereocenters. The normalized spacial score (nSPS) is 24.2. The maximum Gasteiger partial charge on any atom is 0.409 e. The number of carbonyl (C=O) groups is 1. The minimum atomic E-state index is -0.189. The summed E-state index contributed by atoms with van der Waals surface area (Å²) in [5, 5.41) is 7.21. The van der Waals surface area contributed by atoms with E-state index in [-0.39, 0.29) is 6.09 Å². The van der Waals surface area contributed by atoms with Gasteiger partial charge in [0.25, 0.3) is 0 Å². The minimum Gasteiger partial charge on any atom is -0.450 e. The van der Waals surface area contributed by atoms with Crippen LogP contribution >= 0.6 is 11.8 Å². The molecule has 0 bridgehead atoms. The standard InChI is InChI=1S/C20H37N5O2S/c1-3-27-19(26)24-10-6-17(7-11-24)23-18(21-2)22-16-20(8-4-5-9-20)25-12-14-28-15-13-25/h17H,3-16H2,1-2H3,(H2,21,22,23). The van der Waals surface area contributed by atoms with Crippen molar-refractivity contribution in [1.82, 2.24) is 20.4 Å². The van der Waals surface area contributed by atoms with E-state index in [4.69, 9.17) is 4.74 Å². The molecule has 0 spiro atoms. The number of rotatable bonds is 5. The number of aliphatic imine (C=N–C) groups is 1. The molecule has 3 aliphatic rings. The van der Waals surface area contributed by atoms with Crippen LogP contribution in [0.1, 0.15) is 45.4 Å². The first kappa shape index (κ1) is 21.6. The van der Waals surface area contributed by atoms with E-state index < -0.39 is 0 Å². The number of nitrogens with one attached hydrogen (secondary N) is 2. The van der Waals surface area contributed by atoms with Gasteiger partial charge >= 0.3 is 6.09 Å². The van der Waals surface area contributed by atoms with Gasteiger partial charge in [0.05, 0.1) is 6.61 Å². The van der Waals surface area contributed by atoms with Crippen molar-refractivity contribution in [3.05, 3.63) is 0 Å². The van der Waals surface area contributed by atoms with E-state index in [0.29, 0.717) is 18.2 Å². The molecule has 0 aromatic rings. The maximum absolute atomic E-state index is 11.9. The average Bonchev–Trinajstić information content (AvgIpc) is 3.22. The van der Waals surface area contributed by atoms with Gasteiger partial charge < -0.3 is 20.3 Å². The second-order valence-electron chi connectivity index (χ2n) is 8.06. The monoisotopic (exact) mass is 411 g/mol. The van der Waals surface area contributed by atoms with Gasteiger partial charge in [-0.05, 0) is 32.6 Å². The third-order valence-corrected chi connectivity index (χ3v) is 7.33. The fraction of sp³-hybridized carbons (Fsp3) is 0.900. The summed E-state index contributed by atoms with van der Waals surface area (Å²) in [6, 6.07) is 0.350. The molecule has 28 heavy (non-hydrogen) atoms. The molecule has 3 rings (SSSR count). The molecule has 1 saturated carbocycles. The number of thioether (sulfide) groups is 1. The van der Waals surface area contributed by atoms with Crippen molar-refractivity contribution in [3.63, 3.8) is 0 Å². The molecule has 2 aliphatic heterocycles. The molecular weight excluding hydrogens is 374 g/mol. The zero-order valence-corrected chi connectivity index (χ0v) is 18.4. The lowest BCUT2D eigenvalue weighted by Gasteiger charge is -2.44. The van der Waals surface area contributed by atoms with E-state index in [9.17, 15) is 4.79 Å². The summed E-state index contributed by atoms with van der Waals surface area (Å²) in [6.45, 7) is 7.16. The van der Waals surface area contributed by atoms with E-state index >= 15 is 0 Å². The van der Waals surface area contributed by atoms with Crippen molar-refractivity contribution in [2.24, 2.45) is 4.99 Å². The molecule has 2 saturated heterocycles. The largest absolute Gasteiger partial charge is 0.450 e. The van der Waals surface area contributed by atoms with Gasteiger partial charge in [-0.3, -0.25) is 9.89 Å². The Balaban J connectivity index is 1.47. The average molecular weight is 412 g/mol. The first-order valence-corrected chi connectivity index (χ1v) is 12.0. The van der Waals surface area contributed by atoms with Crippen LogP contribution < -0.4 is 10.6 Å². The number of guanidine groups is 1. The van der Waals surface area contributed by atoms with Crippen LogP contribution in [-0.2, 0) is 4.74 Å². The van der Waals surface area contributed by atoms with E-state index in [0.717, 1.165) is 38.4 Å². The van der Waals surface area contributed by atoms with Gasteiger partial charge in [-0.25, -0.2) is 4.79 Å². The fourth-order valence-corrected chi connectivity index (χ4v) is 5.64. The van der Waals surface area contributed by atoms with Crippen LogP contribution in [0.25, 0.3) is 0 Å². The van der Waals surface area contributed by atoms with Crippen LogP contribution in [0.5, 0.6) is 0 Å². The Kier molecular flexibility index (Phi) is 8.14. The molecule has 8 heteroatoms. The molecule has 1 aliphatic carbocycles. The molecule has 0 unspecified atom stereocenters. The topological polar surface area (TPSA) is 69.2 Å². The second kappa shape index (κ2) is 10.6. The fourth-order valence-electron chi connectivity index (χ4n) is 4.73. The zero-order valence-electron chi connectivity index (χ0n) is 17.5. The Labute approximate surface area is 174 Å². The number of amides is 1. The molecule has 0 aromatic heterocycles. The van der Waals surface area contributed by atoms with Crippen molar-refractivity contribution in [2.45, 2.75) is 57.0 Å². The molecule has 0 aromatic carbocycles. The summed E-state index contributed by atoms with van der Waals surface area (Å²) in [5.41, 5.74) is 0.297. The number of piperidine rings is 1. The Hall–Kier alpha value is -1.15. The first-order chi connectivity index (χ1) is 13.7. The smallest absolute Gasteiger partial charge is 0.409 e. The minimum absolute atomic E-state index is 0.189. The van der Waals surface area contributed by atoms with Crippen LogP contribution in [-0.4, -0.2) is 91.3 Å². The molecule has 3 fully saturated rings. The summed E-state index contributed by atoms with van der Waals surface area (Å²) in [7, 11) is 1.85. The molecule has 2 heterocycles. The van der Waals surface area contributed by atoms with Gasteiger partial charge in [0.2, 0.25) is 0 Å². The van der Waals surface area contributed by atoms with Gasteiger partial charge in [0.15, 0.2) is 5.96 Å². The number of nitrogens with zero attached hydrogens (tertiary/aromatic N) is 3. The van der Waals surface area contributed by atoms with Crippen molar-refractivity contribution in [2.75, 3.05) is 57.9 Å². The summed E-state index contributed by atoms with van der Waals surface area (Å²) >= 11 is 2.08. The van der Waals surface area contributed by atoms with Gasteiger partial charge in [-0.2, -0.15) is 11.8 Å². The third-order valence-electron chi connectivity index (χ3n) is 6.39. The number of hydrogen-bond donors (Lipinski definition) is 2. The van der Waals surface area contributed by atoms with E-state index in [1.54, 1.807) is 4.90 Å². The SMILES string of the molecule is CCOC(=O)N1CCC(NC(=NC)NCC2(N3CCSCC3)CCCC2)CC1. The Morgan fingerprint density at radius 2 is 1.86 bits per heavy atom. The van der Waals surface area contributed by atoms with Crippen molar-refractivity contribution < 1.29 is 9.53 Å². The van der Waals surface area contributed by atoms with Crippen LogP contribution in [0.2, 0.25) is 0 Å². The van der Waals surface area contributed by atoms with Crippen molar-refractivity contribution >= 4 is 23.8 Å².